The number of amides is 1. The number of hydrogen-bond acceptors (Lipinski definition) is 1. The molecule has 5 heteroatoms. The lowest BCUT2D eigenvalue weighted by Gasteiger charge is -2.16. The van der Waals surface area contributed by atoms with Crippen molar-refractivity contribution in [1.29, 1.82) is 0 Å². The Kier molecular flexibility index (Phi) is 5.41. The molecule has 0 aromatic heterocycles. The Balaban J connectivity index is 2.79. The number of carbonyl (C=O) groups is 1. The van der Waals surface area contributed by atoms with E-state index in [4.69, 9.17) is 0 Å². The average Bonchev–Trinajstić information content (AvgIpc) is 2.23. The number of benzene rings is 1. The minimum atomic E-state index is -0.411. The molecule has 1 aromatic rings. The van der Waals surface area contributed by atoms with E-state index in [1.165, 1.54) is 12.1 Å². The molecular weight excluding hydrogens is 341 g/mol. The fourth-order valence-electron chi connectivity index (χ4n) is 1.30. The van der Waals surface area contributed by atoms with E-state index in [1.54, 1.807) is 18.0 Å². The van der Waals surface area contributed by atoms with Crippen molar-refractivity contribution in [1.82, 2.24) is 4.90 Å². The van der Waals surface area contributed by atoms with E-state index in [1.807, 2.05) is 0 Å². The van der Waals surface area contributed by atoms with Gasteiger partial charge in [0, 0.05) is 29.0 Å². The quantitative estimate of drug-likeness (QED) is 0.760. The van der Waals surface area contributed by atoms with Gasteiger partial charge in [0.25, 0.3) is 5.91 Å². The zero-order valence-corrected chi connectivity index (χ0v) is 12.0. The van der Waals surface area contributed by atoms with Crippen molar-refractivity contribution in [2.24, 2.45) is 0 Å². The average molecular weight is 353 g/mol. The van der Waals surface area contributed by atoms with Gasteiger partial charge < -0.3 is 4.90 Å². The Morgan fingerprint density at radius 1 is 1.44 bits per heavy atom. The topological polar surface area (TPSA) is 20.3 Å². The molecular formula is C11H12Br2FNO. The lowest BCUT2D eigenvalue weighted by Crippen LogP contribution is -2.28. The Morgan fingerprint density at radius 3 is 2.69 bits per heavy atom. The van der Waals surface area contributed by atoms with Crippen molar-refractivity contribution >= 4 is 37.8 Å². The van der Waals surface area contributed by atoms with Crippen LogP contribution in [0.5, 0.6) is 0 Å². The highest BCUT2D eigenvalue weighted by Crippen LogP contribution is 2.16. The van der Waals surface area contributed by atoms with Gasteiger partial charge in [0.2, 0.25) is 0 Å². The Labute approximate surface area is 111 Å². The molecule has 0 saturated heterocycles. The highest BCUT2D eigenvalue weighted by atomic mass is 79.9. The molecule has 0 unspecified atom stereocenters. The smallest absolute Gasteiger partial charge is 0.253 e. The molecule has 1 aromatic carbocycles. The lowest BCUT2D eigenvalue weighted by atomic mass is 10.2. The first-order chi connectivity index (χ1) is 7.54. The minimum Gasteiger partial charge on any atom is -0.342 e. The molecule has 0 N–H and O–H groups in total. The summed E-state index contributed by atoms with van der Waals surface area (Å²) in [4.78, 5) is 13.5. The second-order valence-corrected chi connectivity index (χ2v) is 5.14. The summed E-state index contributed by atoms with van der Waals surface area (Å²) in [6.07, 6.45) is 0.874. The van der Waals surface area contributed by atoms with Crippen molar-refractivity contribution in [2.75, 3.05) is 18.9 Å². The summed E-state index contributed by atoms with van der Waals surface area (Å²) in [5.74, 6) is -0.576. The first-order valence-electron chi connectivity index (χ1n) is 4.82. The van der Waals surface area contributed by atoms with Gasteiger partial charge in [-0.25, -0.2) is 4.39 Å². The van der Waals surface area contributed by atoms with Crippen LogP contribution in [0.1, 0.15) is 16.8 Å². The molecule has 1 amide bonds. The Morgan fingerprint density at radius 2 is 2.12 bits per heavy atom. The monoisotopic (exact) mass is 351 g/mol. The first-order valence-corrected chi connectivity index (χ1v) is 6.73. The summed E-state index contributed by atoms with van der Waals surface area (Å²) in [5, 5.41) is 0.845. The van der Waals surface area contributed by atoms with Crippen LogP contribution in [0.3, 0.4) is 0 Å². The van der Waals surface area contributed by atoms with Crippen LogP contribution in [0.15, 0.2) is 22.7 Å². The summed E-state index contributed by atoms with van der Waals surface area (Å²) >= 11 is 6.47. The van der Waals surface area contributed by atoms with Gasteiger partial charge >= 0.3 is 0 Å². The van der Waals surface area contributed by atoms with Crippen LogP contribution >= 0.6 is 31.9 Å². The van der Waals surface area contributed by atoms with Gasteiger partial charge in [-0.1, -0.05) is 31.9 Å². The van der Waals surface area contributed by atoms with Crippen molar-refractivity contribution in [2.45, 2.75) is 6.42 Å². The Bertz CT molecular complexity index is 364. The van der Waals surface area contributed by atoms with Crippen molar-refractivity contribution in [3.63, 3.8) is 0 Å². The predicted octanol–water partition coefficient (Wildman–Crippen LogP) is 3.45. The molecule has 0 fully saturated rings. The molecule has 0 spiro atoms. The van der Waals surface area contributed by atoms with Gasteiger partial charge in [-0.05, 0) is 24.6 Å². The second-order valence-electron chi connectivity index (χ2n) is 3.43. The summed E-state index contributed by atoms with van der Waals surface area (Å²) in [6.45, 7) is 0.651. The maximum Gasteiger partial charge on any atom is 0.253 e. The second kappa shape index (κ2) is 6.35. The highest BCUT2D eigenvalue weighted by molar-refractivity contribution is 9.10. The molecule has 1 rings (SSSR count). The summed E-state index contributed by atoms with van der Waals surface area (Å²) in [6, 6.07) is 4.20. The predicted molar refractivity (Wildman–Crippen MR) is 69.5 cm³/mol. The van der Waals surface area contributed by atoms with Crippen LogP contribution in [0.2, 0.25) is 0 Å². The van der Waals surface area contributed by atoms with Crippen LogP contribution < -0.4 is 0 Å². The standard InChI is InChI=1S/C11H12Br2FNO/c1-15(4-2-3-12)11(16)8-5-9(13)7-10(14)6-8/h5-7H,2-4H2,1H3. The third kappa shape index (κ3) is 3.87. The van der Waals surface area contributed by atoms with Crippen LogP contribution in [0.25, 0.3) is 0 Å². The molecule has 16 heavy (non-hydrogen) atoms. The van der Waals surface area contributed by atoms with Gasteiger partial charge in [0.1, 0.15) is 5.82 Å². The maximum absolute atomic E-state index is 13.1. The highest BCUT2D eigenvalue weighted by Gasteiger charge is 2.12. The Hall–Kier alpha value is -0.420. The fraction of sp³-hybridized carbons (Fsp3) is 0.364. The third-order valence-electron chi connectivity index (χ3n) is 2.08. The van der Waals surface area contributed by atoms with E-state index in [0.29, 0.717) is 16.6 Å². The third-order valence-corrected chi connectivity index (χ3v) is 3.10. The van der Waals surface area contributed by atoms with E-state index < -0.39 is 5.82 Å². The molecule has 0 aliphatic rings. The van der Waals surface area contributed by atoms with Crippen LogP contribution in [0.4, 0.5) is 4.39 Å². The van der Waals surface area contributed by atoms with E-state index in [-0.39, 0.29) is 5.91 Å². The molecule has 0 heterocycles. The number of carbonyl (C=O) groups excluding carboxylic acids is 1. The number of nitrogens with zero attached hydrogens (tertiary/aromatic N) is 1. The minimum absolute atomic E-state index is 0.166. The van der Waals surface area contributed by atoms with Crippen molar-refractivity contribution in [3.8, 4) is 0 Å². The molecule has 0 aliphatic carbocycles. The van der Waals surface area contributed by atoms with Crippen LogP contribution in [-0.2, 0) is 0 Å². The molecule has 0 bridgehead atoms. The van der Waals surface area contributed by atoms with E-state index >= 15 is 0 Å². The lowest BCUT2D eigenvalue weighted by molar-refractivity contribution is 0.0795. The number of halogens is 3. The SMILES string of the molecule is CN(CCCBr)C(=O)c1cc(F)cc(Br)c1. The molecule has 2 nitrogen and oxygen atoms in total. The zero-order valence-electron chi connectivity index (χ0n) is 8.84. The summed E-state index contributed by atoms with van der Waals surface area (Å²) in [5.41, 5.74) is 0.365. The van der Waals surface area contributed by atoms with Gasteiger partial charge in [0.05, 0.1) is 0 Å². The molecule has 0 atom stereocenters. The maximum atomic E-state index is 13.1. The summed E-state index contributed by atoms with van der Waals surface area (Å²) in [7, 11) is 1.71. The van der Waals surface area contributed by atoms with Crippen molar-refractivity contribution in [3.05, 3.63) is 34.1 Å². The largest absolute Gasteiger partial charge is 0.342 e. The van der Waals surface area contributed by atoms with Crippen LogP contribution in [-0.4, -0.2) is 29.7 Å². The van der Waals surface area contributed by atoms with Crippen molar-refractivity contribution < 1.29 is 9.18 Å². The normalized spacial score (nSPS) is 10.2. The molecule has 0 radical (unpaired) electrons. The van der Waals surface area contributed by atoms with Gasteiger partial charge in [-0.3, -0.25) is 4.79 Å². The van der Waals surface area contributed by atoms with Gasteiger partial charge in [0.15, 0.2) is 0 Å². The van der Waals surface area contributed by atoms with E-state index in [0.717, 1.165) is 11.8 Å². The van der Waals surface area contributed by atoms with Gasteiger partial charge in [-0.15, -0.1) is 0 Å². The number of hydrogen-bond donors (Lipinski definition) is 0. The fourth-order valence-corrected chi connectivity index (χ4v) is 2.01. The van der Waals surface area contributed by atoms with E-state index in [2.05, 4.69) is 31.9 Å². The van der Waals surface area contributed by atoms with Crippen LogP contribution in [0, 0.1) is 5.82 Å². The summed E-state index contributed by atoms with van der Waals surface area (Å²) < 4.78 is 13.7. The van der Waals surface area contributed by atoms with Gasteiger partial charge in [-0.2, -0.15) is 0 Å². The first kappa shape index (κ1) is 13.6. The number of rotatable bonds is 4. The number of alkyl halides is 1. The molecule has 88 valence electrons. The zero-order chi connectivity index (χ0) is 12.1. The molecule has 0 saturated carbocycles. The molecule has 0 aliphatic heterocycles. The van der Waals surface area contributed by atoms with E-state index in [9.17, 15) is 9.18 Å².